The van der Waals surface area contributed by atoms with E-state index in [9.17, 15) is 14.0 Å². The van der Waals surface area contributed by atoms with Crippen LogP contribution in [0.2, 0.25) is 0 Å². The number of hydrogen-bond donors (Lipinski definition) is 1. The van der Waals surface area contributed by atoms with E-state index in [1.54, 1.807) is 0 Å². The van der Waals surface area contributed by atoms with Gasteiger partial charge in [0.15, 0.2) is 6.04 Å². The van der Waals surface area contributed by atoms with Crippen LogP contribution in [0.3, 0.4) is 0 Å². The topological polar surface area (TPSA) is 84.4 Å². The summed E-state index contributed by atoms with van der Waals surface area (Å²) in [5, 5.41) is 2.66. The van der Waals surface area contributed by atoms with Crippen molar-refractivity contribution in [2.75, 3.05) is 20.3 Å². The number of alkyl halides is 2. The maximum atomic E-state index is 13.5. The zero-order valence-electron chi connectivity index (χ0n) is 13.5. The van der Waals surface area contributed by atoms with Gasteiger partial charge in [-0.15, -0.1) is 0 Å². The molecule has 1 aliphatic rings. The fourth-order valence-corrected chi connectivity index (χ4v) is 2.63. The summed E-state index contributed by atoms with van der Waals surface area (Å²) in [5.74, 6) is -1.25. The molecule has 24 heavy (non-hydrogen) atoms. The summed E-state index contributed by atoms with van der Waals surface area (Å²) in [7, 11) is 1.51. The smallest absolute Gasteiger partial charge is 0.273 e. The van der Waals surface area contributed by atoms with Crippen LogP contribution in [-0.4, -0.2) is 58.6 Å². The highest BCUT2D eigenvalue weighted by Gasteiger charge is 2.48. The monoisotopic (exact) mass is 358 g/mol. The lowest BCUT2D eigenvalue weighted by Crippen LogP contribution is -2.48. The van der Waals surface area contributed by atoms with Crippen LogP contribution in [0.4, 0.5) is 4.39 Å². The Kier molecular flexibility index (Phi) is 6.44. The third-order valence-electron chi connectivity index (χ3n) is 3.86. The Hall–Kier alpha value is -1.80. The van der Waals surface area contributed by atoms with Crippen LogP contribution in [0.1, 0.15) is 25.1 Å². The SMILES string of the molecule is COCCNC(=O)C(c1cnccn1)N(C(=O)C(F)Cl)C1CC1C. The first-order chi connectivity index (χ1) is 11.5. The van der Waals surface area contributed by atoms with Gasteiger partial charge >= 0.3 is 0 Å². The van der Waals surface area contributed by atoms with Crippen molar-refractivity contribution in [1.82, 2.24) is 20.2 Å². The van der Waals surface area contributed by atoms with Gasteiger partial charge in [-0.25, -0.2) is 4.39 Å². The van der Waals surface area contributed by atoms with Gasteiger partial charge in [0.2, 0.25) is 5.91 Å². The van der Waals surface area contributed by atoms with Gasteiger partial charge < -0.3 is 15.0 Å². The van der Waals surface area contributed by atoms with Gasteiger partial charge in [0.05, 0.1) is 18.5 Å². The van der Waals surface area contributed by atoms with E-state index in [2.05, 4.69) is 15.3 Å². The first-order valence-corrected chi connectivity index (χ1v) is 8.04. The van der Waals surface area contributed by atoms with Crippen LogP contribution < -0.4 is 5.32 Å². The number of hydrogen-bond acceptors (Lipinski definition) is 5. The summed E-state index contributed by atoms with van der Waals surface area (Å²) in [6, 6.07) is -1.34. The second kappa shape index (κ2) is 8.34. The molecule has 0 radical (unpaired) electrons. The molecule has 7 nitrogen and oxygen atoms in total. The highest BCUT2D eigenvalue weighted by molar-refractivity contribution is 6.29. The molecule has 2 amide bonds. The number of aromatic nitrogens is 2. The first-order valence-electron chi connectivity index (χ1n) is 7.60. The van der Waals surface area contributed by atoms with Crippen molar-refractivity contribution in [3.05, 3.63) is 24.3 Å². The standard InChI is InChI=1S/C15H20ClFN4O3/c1-9-7-11(9)21(15(23)13(16)17)12(10-8-18-3-4-19-10)14(22)20-5-6-24-2/h3-4,8-9,11-13H,5-7H2,1-2H3,(H,20,22). The van der Waals surface area contributed by atoms with Gasteiger partial charge in [0, 0.05) is 32.1 Å². The van der Waals surface area contributed by atoms with E-state index in [1.165, 1.54) is 30.6 Å². The van der Waals surface area contributed by atoms with Gasteiger partial charge in [-0.1, -0.05) is 18.5 Å². The van der Waals surface area contributed by atoms with Crippen molar-refractivity contribution in [1.29, 1.82) is 0 Å². The lowest BCUT2D eigenvalue weighted by atomic mass is 10.1. The number of nitrogens with zero attached hydrogens (tertiary/aromatic N) is 3. The predicted octanol–water partition coefficient (Wildman–Crippen LogP) is 1.05. The van der Waals surface area contributed by atoms with Gasteiger partial charge in [-0.3, -0.25) is 19.6 Å². The average Bonchev–Trinajstić information content (AvgIpc) is 3.28. The molecule has 0 bridgehead atoms. The number of ether oxygens (including phenoxy) is 1. The van der Waals surface area contributed by atoms with Crippen LogP contribution in [0.25, 0.3) is 0 Å². The summed E-state index contributed by atoms with van der Waals surface area (Å²) in [6.07, 6.45) is 4.93. The van der Waals surface area contributed by atoms with Gasteiger partial charge in [0.25, 0.3) is 11.5 Å². The second-order valence-corrected chi connectivity index (χ2v) is 6.03. The molecule has 0 aliphatic heterocycles. The van der Waals surface area contributed by atoms with Crippen LogP contribution in [-0.2, 0) is 14.3 Å². The van der Waals surface area contributed by atoms with E-state index in [4.69, 9.17) is 16.3 Å². The molecule has 9 heteroatoms. The molecule has 1 aromatic rings. The van der Waals surface area contributed by atoms with Crippen LogP contribution in [0.15, 0.2) is 18.6 Å². The van der Waals surface area contributed by atoms with Crippen molar-refractivity contribution in [2.45, 2.75) is 31.1 Å². The maximum Gasteiger partial charge on any atom is 0.273 e. The molecule has 1 saturated carbocycles. The Balaban J connectivity index is 2.31. The number of carbonyl (C=O) groups excluding carboxylic acids is 2. The van der Waals surface area contributed by atoms with E-state index < -0.39 is 23.5 Å². The molecule has 1 heterocycles. The van der Waals surface area contributed by atoms with Crippen molar-refractivity contribution >= 4 is 23.4 Å². The molecule has 4 atom stereocenters. The van der Waals surface area contributed by atoms with Crippen LogP contribution in [0, 0.1) is 5.92 Å². The molecular formula is C15H20ClFN4O3. The maximum absolute atomic E-state index is 13.5. The van der Waals surface area contributed by atoms with Crippen molar-refractivity contribution < 1.29 is 18.7 Å². The fourth-order valence-electron chi connectivity index (χ4n) is 2.51. The fraction of sp³-hybridized carbons (Fsp3) is 0.600. The first kappa shape index (κ1) is 18.5. The van der Waals surface area contributed by atoms with E-state index in [-0.39, 0.29) is 24.2 Å². The molecule has 0 spiro atoms. The van der Waals surface area contributed by atoms with Crippen molar-refractivity contribution in [3.63, 3.8) is 0 Å². The predicted molar refractivity (Wildman–Crippen MR) is 84.8 cm³/mol. The minimum absolute atomic E-state index is 0.162. The Morgan fingerprint density at radius 2 is 2.25 bits per heavy atom. The van der Waals surface area contributed by atoms with Gasteiger partial charge in [0.1, 0.15) is 0 Å². The van der Waals surface area contributed by atoms with Crippen molar-refractivity contribution in [3.8, 4) is 0 Å². The van der Waals surface area contributed by atoms with Crippen LogP contribution in [0.5, 0.6) is 0 Å². The van der Waals surface area contributed by atoms with E-state index in [0.29, 0.717) is 13.0 Å². The molecule has 2 rings (SSSR count). The molecule has 0 saturated heterocycles. The minimum atomic E-state index is -2.22. The molecule has 1 N–H and O–H groups in total. The summed E-state index contributed by atoms with van der Waals surface area (Å²) >= 11 is 5.36. The summed E-state index contributed by atoms with van der Waals surface area (Å²) in [4.78, 5) is 34.2. The zero-order chi connectivity index (χ0) is 17.7. The Morgan fingerprint density at radius 3 is 2.75 bits per heavy atom. The number of halogens is 2. The Labute approximate surface area is 144 Å². The molecule has 4 unspecified atom stereocenters. The molecule has 1 aliphatic carbocycles. The second-order valence-electron chi connectivity index (χ2n) is 5.64. The minimum Gasteiger partial charge on any atom is -0.383 e. The Bertz CT molecular complexity index is 575. The number of nitrogens with one attached hydrogen (secondary N) is 1. The molecular weight excluding hydrogens is 339 g/mol. The quantitative estimate of drug-likeness (QED) is 0.554. The molecule has 1 fully saturated rings. The van der Waals surface area contributed by atoms with E-state index in [1.807, 2.05) is 6.92 Å². The average molecular weight is 359 g/mol. The third-order valence-corrected chi connectivity index (χ3v) is 4.05. The summed E-state index contributed by atoms with van der Waals surface area (Å²) < 4.78 is 18.4. The zero-order valence-corrected chi connectivity index (χ0v) is 14.2. The number of carbonyl (C=O) groups is 2. The van der Waals surface area contributed by atoms with Crippen LogP contribution >= 0.6 is 11.6 Å². The lowest BCUT2D eigenvalue weighted by molar-refractivity contribution is -0.143. The van der Waals surface area contributed by atoms with Gasteiger partial charge in [-0.2, -0.15) is 0 Å². The normalized spacial score (nSPS) is 21.7. The Morgan fingerprint density at radius 1 is 1.54 bits per heavy atom. The molecule has 1 aromatic heterocycles. The number of amides is 2. The summed E-state index contributed by atoms with van der Waals surface area (Å²) in [6.45, 7) is 2.49. The largest absolute Gasteiger partial charge is 0.383 e. The lowest BCUT2D eigenvalue weighted by Gasteiger charge is -2.31. The number of methoxy groups -OCH3 is 1. The highest BCUT2D eigenvalue weighted by atomic mass is 35.5. The van der Waals surface area contributed by atoms with Crippen molar-refractivity contribution in [2.24, 2.45) is 5.92 Å². The van der Waals surface area contributed by atoms with E-state index >= 15 is 0 Å². The highest BCUT2D eigenvalue weighted by Crippen LogP contribution is 2.40. The number of rotatable bonds is 8. The van der Waals surface area contributed by atoms with E-state index in [0.717, 1.165) is 0 Å². The van der Waals surface area contributed by atoms with Gasteiger partial charge in [-0.05, 0) is 12.3 Å². The molecule has 0 aromatic carbocycles. The third kappa shape index (κ3) is 4.39. The molecule has 132 valence electrons. The summed E-state index contributed by atoms with van der Waals surface area (Å²) in [5.41, 5.74) is -1.96.